The highest BCUT2D eigenvalue weighted by Gasteiger charge is 2.02. The van der Waals surface area contributed by atoms with Crippen LogP contribution < -0.4 is 16.4 Å². The first-order chi connectivity index (χ1) is 7.20. The molecule has 0 bridgehead atoms. The average Bonchev–Trinajstić information content (AvgIpc) is 2.25. The van der Waals surface area contributed by atoms with Crippen LogP contribution in [-0.2, 0) is 9.59 Å². The van der Waals surface area contributed by atoms with Crippen LogP contribution in [0.1, 0.15) is 32.6 Å². The molecule has 88 valence electrons. The second kappa shape index (κ2) is 9.45. The molecule has 0 aliphatic carbocycles. The van der Waals surface area contributed by atoms with Crippen LogP contribution in [0.15, 0.2) is 0 Å². The molecule has 4 N–H and O–H groups in total. The fraction of sp³-hybridized carbons (Fsp3) is 0.800. The Hall–Kier alpha value is -1.10. The third-order valence-electron chi connectivity index (χ3n) is 1.98. The Balaban J connectivity index is 3.30. The van der Waals surface area contributed by atoms with Crippen LogP contribution in [0.4, 0.5) is 0 Å². The van der Waals surface area contributed by atoms with E-state index >= 15 is 0 Å². The molecular weight excluding hydrogens is 194 g/mol. The predicted octanol–water partition coefficient (Wildman–Crippen LogP) is -0.242. The number of hydrogen-bond acceptors (Lipinski definition) is 3. The fourth-order valence-corrected chi connectivity index (χ4v) is 1.09. The van der Waals surface area contributed by atoms with Crippen molar-refractivity contribution in [2.24, 2.45) is 5.73 Å². The van der Waals surface area contributed by atoms with Gasteiger partial charge >= 0.3 is 0 Å². The van der Waals surface area contributed by atoms with Crippen molar-refractivity contribution in [1.82, 2.24) is 10.6 Å². The molecule has 0 fully saturated rings. The fourth-order valence-electron chi connectivity index (χ4n) is 1.09. The monoisotopic (exact) mass is 215 g/mol. The summed E-state index contributed by atoms with van der Waals surface area (Å²) in [7, 11) is 0. The van der Waals surface area contributed by atoms with Gasteiger partial charge in [-0.3, -0.25) is 9.59 Å². The normalized spacial score (nSPS) is 9.73. The summed E-state index contributed by atoms with van der Waals surface area (Å²) in [6.45, 7) is 2.76. The Morgan fingerprint density at radius 2 is 1.80 bits per heavy atom. The molecule has 2 amide bonds. The van der Waals surface area contributed by atoms with Crippen LogP contribution in [0.2, 0.25) is 0 Å². The van der Waals surface area contributed by atoms with Crippen molar-refractivity contribution in [2.45, 2.75) is 32.6 Å². The molecule has 0 aliphatic heterocycles. The smallest absolute Gasteiger partial charge is 0.239 e. The Bertz CT molecular complexity index is 195. The molecular formula is C10H21N3O2. The number of unbranched alkanes of at least 4 members (excludes halogenated alkanes) is 3. The minimum Gasteiger partial charge on any atom is -0.355 e. The lowest BCUT2D eigenvalue weighted by Crippen LogP contribution is -2.39. The Morgan fingerprint density at radius 3 is 2.40 bits per heavy atom. The zero-order valence-corrected chi connectivity index (χ0v) is 9.34. The average molecular weight is 215 g/mol. The van der Waals surface area contributed by atoms with Gasteiger partial charge in [0.2, 0.25) is 11.8 Å². The van der Waals surface area contributed by atoms with Crippen LogP contribution in [-0.4, -0.2) is 31.4 Å². The number of carbonyl (C=O) groups is 2. The molecule has 5 nitrogen and oxygen atoms in total. The van der Waals surface area contributed by atoms with Gasteiger partial charge in [-0.2, -0.15) is 0 Å². The van der Waals surface area contributed by atoms with Crippen molar-refractivity contribution in [2.75, 3.05) is 19.6 Å². The summed E-state index contributed by atoms with van der Waals surface area (Å²) in [6.07, 6.45) is 4.50. The number of amides is 2. The molecule has 0 aliphatic rings. The molecule has 0 saturated carbocycles. The van der Waals surface area contributed by atoms with Gasteiger partial charge in [0.1, 0.15) is 0 Å². The highest BCUT2D eigenvalue weighted by molar-refractivity contribution is 5.85. The molecule has 0 aromatic rings. The maximum absolute atomic E-state index is 11.1. The first kappa shape index (κ1) is 13.9. The van der Waals surface area contributed by atoms with E-state index in [1.165, 1.54) is 12.8 Å². The van der Waals surface area contributed by atoms with Gasteiger partial charge in [0, 0.05) is 6.54 Å². The Labute approximate surface area is 90.8 Å². The summed E-state index contributed by atoms with van der Waals surface area (Å²) in [4.78, 5) is 21.8. The largest absolute Gasteiger partial charge is 0.355 e. The van der Waals surface area contributed by atoms with E-state index in [1.807, 2.05) is 0 Å². The molecule has 15 heavy (non-hydrogen) atoms. The van der Waals surface area contributed by atoms with Crippen molar-refractivity contribution in [3.05, 3.63) is 0 Å². The van der Waals surface area contributed by atoms with Crippen LogP contribution in [0.3, 0.4) is 0 Å². The van der Waals surface area contributed by atoms with E-state index in [9.17, 15) is 9.59 Å². The molecule has 0 rings (SSSR count). The molecule has 0 atom stereocenters. The van der Waals surface area contributed by atoms with Gasteiger partial charge in [0.25, 0.3) is 0 Å². The zero-order chi connectivity index (χ0) is 11.5. The number of nitrogens with two attached hydrogens (primary N) is 1. The molecule has 0 spiro atoms. The van der Waals surface area contributed by atoms with Crippen molar-refractivity contribution >= 4 is 11.8 Å². The minimum absolute atomic E-state index is 0.0177. The molecule has 0 aromatic carbocycles. The summed E-state index contributed by atoms with van der Waals surface area (Å²) in [5, 5.41) is 5.13. The van der Waals surface area contributed by atoms with Gasteiger partial charge in [-0.25, -0.2) is 0 Å². The van der Waals surface area contributed by atoms with Crippen molar-refractivity contribution < 1.29 is 9.59 Å². The standard InChI is InChI=1S/C10H21N3O2/c1-2-3-4-5-6-12-10(15)8-13-9(14)7-11/h2-8,11H2,1H3,(H,12,15)(H,13,14). The number of nitrogens with one attached hydrogen (secondary N) is 2. The van der Waals surface area contributed by atoms with E-state index < -0.39 is 0 Å². The third-order valence-corrected chi connectivity index (χ3v) is 1.98. The summed E-state index contributed by atoms with van der Waals surface area (Å²) >= 11 is 0. The summed E-state index contributed by atoms with van der Waals surface area (Å²) < 4.78 is 0. The minimum atomic E-state index is -0.309. The van der Waals surface area contributed by atoms with Gasteiger partial charge in [-0.1, -0.05) is 26.2 Å². The van der Waals surface area contributed by atoms with E-state index in [2.05, 4.69) is 17.6 Å². The quantitative estimate of drug-likeness (QED) is 0.488. The SMILES string of the molecule is CCCCCCNC(=O)CNC(=O)CN. The van der Waals surface area contributed by atoms with E-state index in [0.717, 1.165) is 12.8 Å². The second-order valence-electron chi connectivity index (χ2n) is 3.39. The first-order valence-electron chi connectivity index (χ1n) is 5.44. The van der Waals surface area contributed by atoms with Gasteiger partial charge in [0.05, 0.1) is 13.1 Å². The summed E-state index contributed by atoms with van der Waals surface area (Å²) in [5.74, 6) is -0.468. The lowest BCUT2D eigenvalue weighted by Gasteiger charge is -2.05. The van der Waals surface area contributed by atoms with Gasteiger partial charge < -0.3 is 16.4 Å². The zero-order valence-electron chi connectivity index (χ0n) is 9.34. The molecule has 0 aromatic heterocycles. The van der Waals surface area contributed by atoms with E-state index in [-0.39, 0.29) is 24.9 Å². The highest BCUT2D eigenvalue weighted by Crippen LogP contribution is 1.96. The lowest BCUT2D eigenvalue weighted by atomic mass is 10.2. The van der Waals surface area contributed by atoms with Gasteiger partial charge in [-0.05, 0) is 6.42 Å². The molecule has 0 heterocycles. The predicted molar refractivity (Wildman–Crippen MR) is 59.2 cm³/mol. The van der Waals surface area contributed by atoms with Crippen molar-refractivity contribution in [3.63, 3.8) is 0 Å². The summed E-state index contributed by atoms with van der Waals surface area (Å²) in [5.41, 5.74) is 5.07. The van der Waals surface area contributed by atoms with Gasteiger partial charge in [-0.15, -0.1) is 0 Å². The third kappa shape index (κ3) is 9.21. The maximum Gasteiger partial charge on any atom is 0.239 e. The topological polar surface area (TPSA) is 84.2 Å². The summed E-state index contributed by atoms with van der Waals surface area (Å²) in [6, 6.07) is 0. The van der Waals surface area contributed by atoms with E-state index in [1.54, 1.807) is 0 Å². The lowest BCUT2D eigenvalue weighted by molar-refractivity contribution is -0.125. The Morgan fingerprint density at radius 1 is 1.07 bits per heavy atom. The van der Waals surface area contributed by atoms with Gasteiger partial charge in [0.15, 0.2) is 0 Å². The van der Waals surface area contributed by atoms with Crippen molar-refractivity contribution in [3.8, 4) is 0 Å². The van der Waals surface area contributed by atoms with Crippen LogP contribution in [0, 0.1) is 0 Å². The van der Waals surface area contributed by atoms with E-state index in [0.29, 0.717) is 6.54 Å². The second-order valence-corrected chi connectivity index (χ2v) is 3.39. The number of carbonyl (C=O) groups excluding carboxylic acids is 2. The number of hydrogen-bond donors (Lipinski definition) is 3. The molecule has 0 saturated heterocycles. The van der Waals surface area contributed by atoms with E-state index in [4.69, 9.17) is 5.73 Å². The van der Waals surface area contributed by atoms with Crippen LogP contribution in [0.5, 0.6) is 0 Å². The van der Waals surface area contributed by atoms with Crippen LogP contribution in [0.25, 0.3) is 0 Å². The van der Waals surface area contributed by atoms with Crippen LogP contribution >= 0.6 is 0 Å². The molecule has 0 unspecified atom stereocenters. The maximum atomic E-state index is 11.1. The number of rotatable bonds is 8. The van der Waals surface area contributed by atoms with Crippen molar-refractivity contribution in [1.29, 1.82) is 0 Å². The molecule has 5 heteroatoms. The molecule has 0 radical (unpaired) electrons. The first-order valence-corrected chi connectivity index (χ1v) is 5.44. The highest BCUT2D eigenvalue weighted by atomic mass is 16.2. The Kier molecular flexibility index (Phi) is 8.76.